The molecule has 27 heavy (non-hydrogen) atoms. The van der Waals surface area contributed by atoms with Crippen LogP contribution >= 0.6 is 0 Å². The van der Waals surface area contributed by atoms with E-state index >= 15 is 0 Å². The largest absolute Gasteiger partial charge is 0.441 e. The second-order valence-corrected chi connectivity index (χ2v) is 7.21. The number of rotatable bonds is 6. The topological polar surface area (TPSA) is 73.0 Å². The van der Waals surface area contributed by atoms with E-state index in [-0.39, 0.29) is 5.91 Å². The molecule has 3 aromatic rings. The minimum absolute atomic E-state index is 0.100. The van der Waals surface area contributed by atoms with Crippen molar-refractivity contribution in [3.05, 3.63) is 54.2 Å². The molecular weight excluding hydrogens is 340 g/mol. The van der Waals surface area contributed by atoms with Crippen LogP contribution in [0.5, 0.6) is 0 Å². The lowest BCUT2D eigenvalue weighted by molar-refractivity contribution is -0.117. The van der Waals surface area contributed by atoms with Crippen LogP contribution in [0.3, 0.4) is 0 Å². The number of aryl methyl sites for hydroxylation is 1. The second-order valence-electron chi connectivity index (χ2n) is 7.21. The summed E-state index contributed by atoms with van der Waals surface area (Å²) in [4.78, 5) is 16.8. The monoisotopic (exact) mass is 364 g/mol. The molecule has 0 saturated heterocycles. The first kappa shape index (κ1) is 17.5. The summed E-state index contributed by atoms with van der Waals surface area (Å²) in [5.74, 6) is 2.02. The third kappa shape index (κ3) is 4.27. The van der Waals surface area contributed by atoms with Gasteiger partial charge in [-0.25, -0.2) is 4.98 Å². The van der Waals surface area contributed by atoms with E-state index in [1.807, 2.05) is 48.1 Å². The molecule has 1 aliphatic rings. The number of carbonyl (C=O) groups excluding carboxylic acids is 1. The average molecular weight is 364 g/mol. The Balaban J connectivity index is 1.40. The summed E-state index contributed by atoms with van der Waals surface area (Å²) >= 11 is 0. The molecule has 1 aliphatic carbocycles. The van der Waals surface area contributed by atoms with Crippen molar-refractivity contribution in [3.8, 4) is 11.5 Å². The van der Waals surface area contributed by atoms with Crippen molar-refractivity contribution in [1.82, 2.24) is 14.8 Å². The van der Waals surface area contributed by atoms with Gasteiger partial charge in [0.15, 0.2) is 0 Å². The number of carbonyl (C=O) groups is 1. The maximum absolute atomic E-state index is 12.2. The fourth-order valence-electron chi connectivity index (χ4n) is 3.63. The smallest absolute Gasteiger partial charge is 0.226 e. The number of anilines is 1. The van der Waals surface area contributed by atoms with Crippen LogP contribution in [0, 0.1) is 12.8 Å². The molecule has 1 amide bonds. The van der Waals surface area contributed by atoms with E-state index in [0.717, 1.165) is 22.7 Å². The number of nitrogens with zero attached hydrogens (tertiary/aromatic N) is 3. The molecule has 2 aromatic heterocycles. The lowest BCUT2D eigenvalue weighted by Crippen LogP contribution is -2.14. The molecule has 4 rings (SSSR count). The summed E-state index contributed by atoms with van der Waals surface area (Å²) in [5, 5.41) is 7.20. The van der Waals surface area contributed by atoms with E-state index in [4.69, 9.17) is 4.42 Å². The van der Waals surface area contributed by atoms with Crippen molar-refractivity contribution in [1.29, 1.82) is 0 Å². The normalized spacial score (nSPS) is 14.6. The molecule has 2 heterocycles. The Hall–Kier alpha value is -2.89. The number of oxazole rings is 1. The van der Waals surface area contributed by atoms with Crippen LogP contribution in [0.1, 0.15) is 43.6 Å². The number of aromatic nitrogens is 3. The summed E-state index contributed by atoms with van der Waals surface area (Å²) in [6.45, 7) is 2.49. The molecule has 6 heteroatoms. The number of benzene rings is 1. The third-order valence-corrected chi connectivity index (χ3v) is 5.13. The highest BCUT2D eigenvalue weighted by molar-refractivity contribution is 5.91. The molecule has 0 radical (unpaired) electrons. The van der Waals surface area contributed by atoms with Gasteiger partial charge in [-0.15, -0.1) is 0 Å². The summed E-state index contributed by atoms with van der Waals surface area (Å²) in [5.41, 5.74) is 2.56. The quantitative estimate of drug-likeness (QED) is 0.703. The Morgan fingerprint density at radius 2 is 2.04 bits per heavy atom. The van der Waals surface area contributed by atoms with Gasteiger partial charge in [0.05, 0.1) is 6.54 Å². The van der Waals surface area contributed by atoms with E-state index < -0.39 is 0 Å². The van der Waals surface area contributed by atoms with Gasteiger partial charge in [-0.1, -0.05) is 12.8 Å². The molecule has 1 fully saturated rings. The lowest BCUT2D eigenvalue weighted by atomic mass is 10.0. The van der Waals surface area contributed by atoms with Crippen molar-refractivity contribution in [2.75, 3.05) is 5.32 Å². The van der Waals surface area contributed by atoms with Crippen LogP contribution < -0.4 is 5.32 Å². The average Bonchev–Trinajstić information content (AvgIpc) is 3.40. The van der Waals surface area contributed by atoms with Crippen LogP contribution in [0.25, 0.3) is 11.5 Å². The first-order valence-corrected chi connectivity index (χ1v) is 9.51. The van der Waals surface area contributed by atoms with Gasteiger partial charge < -0.3 is 9.73 Å². The SMILES string of the molecule is Cc1oc(-c2ccc(NC(=O)CC3CCCC3)cc2)nc1Cn1cccn1. The molecular formula is C21H24N4O2. The van der Waals surface area contributed by atoms with Gasteiger partial charge in [0.2, 0.25) is 11.8 Å². The Morgan fingerprint density at radius 1 is 1.26 bits per heavy atom. The maximum Gasteiger partial charge on any atom is 0.226 e. The fourth-order valence-corrected chi connectivity index (χ4v) is 3.63. The highest BCUT2D eigenvalue weighted by atomic mass is 16.4. The zero-order valence-electron chi connectivity index (χ0n) is 15.5. The summed E-state index contributed by atoms with van der Waals surface area (Å²) in [7, 11) is 0. The van der Waals surface area contributed by atoms with E-state index in [9.17, 15) is 4.79 Å². The molecule has 1 N–H and O–H groups in total. The predicted molar refractivity (Wildman–Crippen MR) is 103 cm³/mol. The minimum atomic E-state index is 0.100. The Labute approximate surface area is 158 Å². The van der Waals surface area contributed by atoms with Gasteiger partial charge in [-0.3, -0.25) is 9.48 Å². The third-order valence-electron chi connectivity index (χ3n) is 5.13. The van der Waals surface area contributed by atoms with Gasteiger partial charge >= 0.3 is 0 Å². The van der Waals surface area contributed by atoms with Gasteiger partial charge in [0.25, 0.3) is 0 Å². The van der Waals surface area contributed by atoms with Crippen LogP contribution in [0.15, 0.2) is 47.1 Å². The van der Waals surface area contributed by atoms with Crippen molar-refractivity contribution in [3.63, 3.8) is 0 Å². The number of hydrogen-bond acceptors (Lipinski definition) is 4. The predicted octanol–water partition coefficient (Wildman–Crippen LogP) is 4.41. The van der Waals surface area contributed by atoms with Crippen molar-refractivity contribution in [2.45, 2.75) is 45.6 Å². The molecule has 0 spiro atoms. The first-order chi connectivity index (χ1) is 13.2. The number of nitrogens with one attached hydrogen (secondary N) is 1. The summed E-state index contributed by atoms with van der Waals surface area (Å²) in [6.07, 6.45) is 9.13. The zero-order valence-corrected chi connectivity index (χ0v) is 15.5. The van der Waals surface area contributed by atoms with Crippen LogP contribution in [-0.2, 0) is 11.3 Å². The van der Waals surface area contributed by atoms with Gasteiger partial charge in [0.1, 0.15) is 11.5 Å². The minimum Gasteiger partial charge on any atom is -0.441 e. The summed E-state index contributed by atoms with van der Waals surface area (Å²) in [6, 6.07) is 9.53. The Morgan fingerprint density at radius 3 is 2.74 bits per heavy atom. The van der Waals surface area contributed by atoms with Crippen LogP contribution in [0.2, 0.25) is 0 Å². The molecule has 1 saturated carbocycles. The van der Waals surface area contributed by atoms with E-state index in [1.54, 1.807) is 6.20 Å². The molecule has 1 aromatic carbocycles. The second kappa shape index (κ2) is 7.78. The van der Waals surface area contributed by atoms with Crippen LogP contribution in [-0.4, -0.2) is 20.7 Å². The van der Waals surface area contributed by atoms with Gasteiger partial charge in [-0.2, -0.15) is 5.10 Å². The zero-order chi connectivity index (χ0) is 18.6. The number of hydrogen-bond donors (Lipinski definition) is 1. The van der Waals surface area contributed by atoms with Crippen molar-refractivity contribution in [2.24, 2.45) is 5.92 Å². The van der Waals surface area contributed by atoms with E-state index in [0.29, 0.717) is 24.8 Å². The van der Waals surface area contributed by atoms with E-state index in [1.165, 1.54) is 25.7 Å². The molecule has 140 valence electrons. The maximum atomic E-state index is 12.2. The first-order valence-electron chi connectivity index (χ1n) is 9.51. The Kier molecular flexibility index (Phi) is 5.05. The van der Waals surface area contributed by atoms with Crippen molar-refractivity contribution >= 4 is 11.6 Å². The molecule has 0 unspecified atom stereocenters. The van der Waals surface area contributed by atoms with Crippen LogP contribution in [0.4, 0.5) is 5.69 Å². The lowest BCUT2D eigenvalue weighted by Gasteiger charge is -2.09. The standard InChI is InChI=1S/C21H24N4O2/c1-15-19(14-25-12-4-11-22-25)24-21(27-15)17-7-9-18(10-8-17)23-20(26)13-16-5-2-3-6-16/h4,7-12,16H,2-3,5-6,13-14H2,1H3,(H,23,26). The Bertz CT molecular complexity index is 891. The highest BCUT2D eigenvalue weighted by Gasteiger charge is 2.18. The summed E-state index contributed by atoms with van der Waals surface area (Å²) < 4.78 is 7.64. The number of amides is 1. The fraction of sp³-hybridized carbons (Fsp3) is 0.381. The molecule has 0 bridgehead atoms. The van der Waals surface area contributed by atoms with Gasteiger partial charge in [0, 0.05) is 30.1 Å². The highest BCUT2D eigenvalue weighted by Crippen LogP contribution is 2.28. The van der Waals surface area contributed by atoms with Crippen molar-refractivity contribution < 1.29 is 9.21 Å². The molecule has 0 aliphatic heterocycles. The van der Waals surface area contributed by atoms with E-state index in [2.05, 4.69) is 15.4 Å². The van der Waals surface area contributed by atoms with Gasteiger partial charge in [-0.05, 0) is 56.0 Å². The molecule has 0 atom stereocenters. The molecule has 6 nitrogen and oxygen atoms in total.